The lowest BCUT2D eigenvalue weighted by molar-refractivity contribution is -0.114. The Bertz CT molecular complexity index is 299. The Balaban J connectivity index is 2.34. The van der Waals surface area contributed by atoms with Crippen LogP contribution in [-0.4, -0.2) is 31.3 Å². The minimum absolute atomic E-state index is 0.120. The molecule has 0 aliphatic heterocycles. The van der Waals surface area contributed by atoms with Crippen LogP contribution in [0.5, 0.6) is 0 Å². The predicted molar refractivity (Wildman–Crippen MR) is 55.9 cm³/mol. The number of rotatable bonds is 5. The first-order valence-electron chi connectivity index (χ1n) is 4.57. The Labute approximate surface area is 84.0 Å². The van der Waals surface area contributed by atoms with E-state index in [0.29, 0.717) is 12.2 Å². The van der Waals surface area contributed by atoms with Gasteiger partial charge in [0.2, 0.25) is 0 Å². The zero-order chi connectivity index (χ0) is 10.4. The van der Waals surface area contributed by atoms with Gasteiger partial charge in [0.1, 0.15) is 5.76 Å². The van der Waals surface area contributed by atoms with Crippen LogP contribution < -0.4 is 0 Å². The standard InChI is InChI=1S/C11H15NO2/c1-12(2)8-7-10(13)5-6-11-4-3-9-14-11/h3-6,9H,7-8H2,1-2H3. The number of hydrogen-bond donors (Lipinski definition) is 0. The van der Waals surface area contributed by atoms with Crippen LogP contribution in [0.1, 0.15) is 12.2 Å². The van der Waals surface area contributed by atoms with Crippen molar-refractivity contribution in [3.8, 4) is 0 Å². The van der Waals surface area contributed by atoms with Gasteiger partial charge < -0.3 is 9.32 Å². The van der Waals surface area contributed by atoms with E-state index in [-0.39, 0.29) is 5.78 Å². The molecule has 0 radical (unpaired) electrons. The Morgan fingerprint density at radius 2 is 2.36 bits per heavy atom. The Morgan fingerprint density at radius 1 is 1.57 bits per heavy atom. The Morgan fingerprint density at radius 3 is 2.93 bits per heavy atom. The molecule has 76 valence electrons. The van der Waals surface area contributed by atoms with Gasteiger partial charge in [-0.15, -0.1) is 0 Å². The average Bonchev–Trinajstić information content (AvgIpc) is 2.63. The molecule has 1 rings (SSSR count). The van der Waals surface area contributed by atoms with Gasteiger partial charge in [0.25, 0.3) is 0 Å². The van der Waals surface area contributed by atoms with E-state index in [9.17, 15) is 4.79 Å². The van der Waals surface area contributed by atoms with Crippen molar-refractivity contribution in [2.24, 2.45) is 0 Å². The van der Waals surface area contributed by atoms with Crippen molar-refractivity contribution in [3.63, 3.8) is 0 Å². The molecule has 14 heavy (non-hydrogen) atoms. The first kappa shape index (κ1) is 10.7. The lowest BCUT2D eigenvalue weighted by Gasteiger charge is -2.05. The molecule has 0 saturated heterocycles. The van der Waals surface area contributed by atoms with Gasteiger partial charge >= 0.3 is 0 Å². The van der Waals surface area contributed by atoms with Crippen LogP contribution in [-0.2, 0) is 4.79 Å². The van der Waals surface area contributed by atoms with E-state index in [2.05, 4.69) is 0 Å². The predicted octanol–water partition coefficient (Wildman–Crippen LogP) is 1.81. The summed E-state index contributed by atoms with van der Waals surface area (Å²) < 4.78 is 5.06. The van der Waals surface area contributed by atoms with Crippen molar-refractivity contribution in [3.05, 3.63) is 30.2 Å². The molecule has 1 heterocycles. The van der Waals surface area contributed by atoms with Crippen LogP contribution >= 0.6 is 0 Å². The molecule has 0 atom stereocenters. The number of nitrogens with zero attached hydrogens (tertiary/aromatic N) is 1. The highest BCUT2D eigenvalue weighted by molar-refractivity contribution is 5.93. The highest BCUT2D eigenvalue weighted by Crippen LogP contribution is 2.02. The summed E-state index contributed by atoms with van der Waals surface area (Å²) in [6.45, 7) is 0.779. The highest BCUT2D eigenvalue weighted by Gasteiger charge is 1.98. The van der Waals surface area contributed by atoms with Crippen molar-refractivity contribution < 1.29 is 9.21 Å². The minimum atomic E-state index is 0.120. The van der Waals surface area contributed by atoms with Crippen LogP contribution in [0.3, 0.4) is 0 Å². The van der Waals surface area contributed by atoms with E-state index in [1.807, 2.05) is 25.1 Å². The third kappa shape index (κ3) is 4.05. The molecule has 0 aliphatic rings. The molecule has 0 saturated carbocycles. The third-order valence-corrected chi connectivity index (χ3v) is 1.78. The molecule has 0 aromatic carbocycles. The summed E-state index contributed by atoms with van der Waals surface area (Å²) in [6, 6.07) is 3.61. The molecule has 0 bridgehead atoms. The van der Waals surface area contributed by atoms with Gasteiger partial charge in [-0.25, -0.2) is 0 Å². The summed E-state index contributed by atoms with van der Waals surface area (Å²) in [6.07, 6.45) is 5.38. The Hall–Kier alpha value is -1.35. The molecule has 0 amide bonds. The van der Waals surface area contributed by atoms with Crippen LogP contribution in [0.15, 0.2) is 28.9 Å². The SMILES string of the molecule is CN(C)CCC(=O)C=Cc1ccco1. The van der Waals surface area contributed by atoms with Crippen molar-refractivity contribution in [2.75, 3.05) is 20.6 Å². The number of carbonyl (C=O) groups excluding carboxylic acids is 1. The first-order chi connectivity index (χ1) is 6.68. The van der Waals surface area contributed by atoms with E-state index >= 15 is 0 Å². The monoisotopic (exact) mass is 193 g/mol. The zero-order valence-corrected chi connectivity index (χ0v) is 8.56. The fourth-order valence-electron chi connectivity index (χ4n) is 0.978. The summed E-state index contributed by atoms with van der Waals surface area (Å²) in [7, 11) is 3.90. The lowest BCUT2D eigenvalue weighted by atomic mass is 10.2. The molecule has 0 unspecified atom stereocenters. The summed E-state index contributed by atoms with van der Waals surface area (Å²) >= 11 is 0. The van der Waals surface area contributed by atoms with Gasteiger partial charge in [0.15, 0.2) is 5.78 Å². The van der Waals surface area contributed by atoms with Gasteiger partial charge in [-0.1, -0.05) is 0 Å². The van der Waals surface area contributed by atoms with Crippen molar-refractivity contribution >= 4 is 11.9 Å². The van der Waals surface area contributed by atoms with Crippen LogP contribution in [0.25, 0.3) is 6.08 Å². The molecular formula is C11H15NO2. The number of carbonyl (C=O) groups is 1. The van der Waals surface area contributed by atoms with E-state index in [1.165, 1.54) is 0 Å². The second kappa shape index (κ2) is 5.40. The lowest BCUT2D eigenvalue weighted by Crippen LogP contribution is -2.15. The maximum absolute atomic E-state index is 11.3. The quantitative estimate of drug-likeness (QED) is 0.669. The molecule has 0 N–H and O–H groups in total. The highest BCUT2D eigenvalue weighted by atomic mass is 16.3. The minimum Gasteiger partial charge on any atom is -0.465 e. The van der Waals surface area contributed by atoms with Gasteiger partial charge in [-0.2, -0.15) is 0 Å². The number of furan rings is 1. The molecule has 0 spiro atoms. The maximum atomic E-state index is 11.3. The summed E-state index contributed by atoms with van der Waals surface area (Å²) in [4.78, 5) is 13.3. The van der Waals surface area contributed by atoms with E-state index in [1.54, 1.807) is 24.5 Å². The van der Waals surface area contributed by atoms with Crippen LogP contribution in [0, 0.1) is 0 Å². The second-order valence-electron chi connectivity index (χ2n) is 3.37. The summed E-state index contributed by atoms with van der Waals surface area (Å²) in [5.41, 5.74) is 0. The van der Waals surface area contributed by atoms with Crippen LogP contribution in [0.4, 0.5) is 0 Å². The van der Waals surface area contributed by atoms with Crippen molar-refractivity contribution in [1.82, 2.24) is 4.90 Å². The molecule has 3 nitrogen and oxygen atoms in total. The zero-order valence-electron chi connectivity index (χ0n) is 8.56. The number of allylic oxidation sites excluding steroid dienone is 1. The fourth-order valence-corrected chi connectivity index (χ4v) is 0.978. The Kier molecular flexibility index (Phi) is 4.13. The second-order valence-corrected chi connectivity index (χ2v) is 3.37. The molecule has 3 heteroatoms. The maximum Gasteiger partial charge on any atom is 0.157 e. The molecule has 1 aromatic rings. The first-order valence-corrected chi connectivity index (χ1v) is 4.57. The van der Waals surface area contributed by atoms with Gasteiger partial charge in [0.05, 0.1) is 6.26 Å². The van der Waals surface area contributed by atoms with E-state index in [0.717, 1.165) is 6.54 Å². The third-order valence-electron chi connectivity index (χ3n) is 1.78. The van der Waals surface area contributed by atoms with E-state index < -0.39 is 0 Å². The fraction of sp³-hybridized carbons (Fsp3) is 0.364. The number of hydrogen-bond acceptors (Lipinski definition) is 3. The summed E-state index contributed by atoms with van der Waals surface area (Å²) in [5.74, 6) is 0.832. The van der Waals surface area contributed by atoms with Crippen molar-refractivity contribution in [2.45, 2.75) is 6.42 Å². The molecule has 1 aromatic heterocycles. The van der Waals surface area contributed by atoms with Crippen molar-refractivity contribution in [1.29, 1.82) is 0 Å². The topological polar surface area (TPSA) is 33.5 Å². The average molecular weight is 193 g/mol. The molecule has 0 fully saturated rings. The van der Waals surface area contributed by atoms with Gasteiger partial charge in [-0.3, -0.25) is 4.79 Å². The smallest absolute Gasteiger partial charge is 0.157 e. The van der Waals surface area contributed by atoms with Crippen LogP contribution in [0.2, 0.25) is 0 Å². The molecule has 0 aliphatic carbocycles. The molecular weight excluding hydrogens is 178 g/mol. The van der Waals surface area contributed by atoms with Gasteiger partial charge in [-0.05, 0) is 38.4 Å². The van der Waals surface area contributed by atoms with E-state index in [4.69, 9.17) is 4.42 Å². The van der Waals surface area contributed by atoms with Gasteiger partial charge in [0, 0.05) is 13.0 Å². The summed E-state index contributed by atoms with van der Waals surface area (Å²) in [5, 5.41) is 0. The number of ketones is 1. The normalized spacial score (nSPS) is 11.4. The largest absolute Gasteiger partial charge is 0.465 e.